The van der Waals surface area contributed by atoms with Gasteiger partial charge < -0.3 is 19.9 Å². The number of thioether (sulfide) groups is 1. The molecule has 1 amide bonds. The second kappa shape index (κ2) is 10.9. The van der Waals surface area contributed by atoms with Crippen LogP contribution >= 0.6 is 11.8 Å². The summed E-state index contributed by atoms with van der Waals surface area (Å²) < 4.78 is 7.95. The first-order valence-corrected chi connectivity index (χ1v) is 12.3. The summed E-state index contributed by atoms with van der Waals surface area (Å²) in [6.45, 7) is 8.26. The first kappa shape index (κ1) is 23.3. The van der Waals surface area contributed by atoms with Crippen molar-refractivity contribution in [2.75, 3.05) is 23.0 Å². The van der Waals surface area contributed by atoms with Crippen molar-refractivity contribution in [2.45, 2.75) is 58.0 Å². The van der Waals surface area contributed by atoms with Gasteiger partial charge in [0.05, 0.1) is 24.9 Å². The van der Waals surface area contributed by atoms with Gasteiger partial charge in [-0.05, 0) is 57.4 Å². The van der Waals surface area contributed by atoms with Crippen molar-refractivity contribution in [1.82, 2.24) is 14.8 Å². The zero-order valence-corrected chi connectivity index (χ0v) is 20.2. The van der Waals surface area contributed by atoms with Crippen molar-refractivity contribution in [2.24, 2.45) is 0 Å². The fraction of sp³-hybridized carbons (Fsp3) is 0.400. The second-order valence-electron chi connectivity index (χ2n) is 8.52. The highest BCUT2D eigenvalue weighted by atomic mass is 32.2. The number of hydrogen-bond donors (Lipinski definition) is 2. The van der Waals surface area contributed by atoms with E-state index < -0.39 is 0 Å². The zero-order valence-electron chi connectivity index (χ0n) is 19.4. The molecule has 0 spiro atoms. The van der Waals surface area contributed by atoms with E-state index in [4.69, 9.17) is 4.74 Å². The summed E-state index contributed by atoms with van der Waals surface area (Å²) in [5, 5.41) is 16.0. The maximum atomic E-state index is 12.5. The van der Waals surface area contributed by atoms with Gasteiger partial charge in [-0.3, -0.25) is 4.79 Å². The van der Waals surface area contributed by atoms with Gasteiger partial charge in [-0.15, -0.1) is 10.2 Å². The molecule has 1 aromatic heterocycles. The van der Waals surface area contributed by atoms with Crippen molar-refractivity contribution in [3.05, 3.63) is 65.0 Å². The molecule has 174 valence electrons. The van der Waals surface area contributed by atoms with Gasteiger partial charge in [0.25, 0.3) is 0 Å². The molecule has 3 aromatic rings. The molecule has 2 aromatic carbocycles. The van der Waals surface area contributed by atoms with Crippen LogP contribution in [0, 0.1) is 20.8 Å². The Morgan fingerprint density at radius 1 is 1.12 bits per heavy atom. The molecular formula is C25H31N5O2S. The summed E-state index contributed by atoms with van der Waals surface area (Å²) in [6, 6.07) is 14.1. The summed E-state index contributed by atoms with van der Waals surface area (Å²) in [4.78, 5) is 12.5. The molecule has 7 nitrogen and oxygen atoms in total. The van der Waals surface area contributed by atoms with Crippen LogP contribution in [-0.4, -0.2) is 39.1 Å². The molecule has 33 heavy (non-hydrogen) atoms. The number of benzene rings is 2. The number of aryl methyl sites for hydroxylation is 3. The topological polar surface area (TPSA) is 81.1 Å². The molecular weight excluding hydrogens is 434 g/mol. The molecule has 1 unspecified atom stereocenters. The fourth-order valence-electron chi connectivity index (χ4n) is 3.88. The third-order valence-electron chi connectivity index (χ3n) is 5.69. The van der Waals surface area contributed by atoms with E-state index in [1.807, 2.05) is 31.2 Å². The highest BCUT2D eigenvalue weighted by molar-refractivity contribution is 7.99. The number of aromatic nitrogens is 3. The standard InChI is InChI=1S/C25H31N5O2S/c1-17-6-9-20(10-7-17)27-24(31)16-33-25-29-28-23(30(25)15-21-5-4-12-32-21)14-26-22-11-8-18(2)13-19(22)3/h6-11,13,21,26H,4-5,12,14-16H2,1-3H3,(H,27,31). The Morgan fingerprint density at radius 3 is 2.64 bits per heavy atom. The average Bonchev–Trinajstić information content (AvgIpc) is 3.44. The Morgan fingerprint density at radius 2 is 1.91 bits per heavy atom. The largest absolute Gasteiger partial charge is 0.378 e. The summed E-state index contributed by atoms with van der Waals surface area (Å²) in [5.41, 5.74) is 5.47. The van der Waals surface area contributed by atoms with Crippen LogP contribution < -0.4 is 10.6 Å². The van der Waals surface area contributed by atoms with Crippen LogP contribution in [0.2, 0.25) is 0 Å². The van der Waals surface area contributed by atoms with Crippen molar-refractivity contribution >= 4 is 29.0 Å². The first-order chi connectivity index (χ1) is 16.0. The lowest BCUT2D eigenvalue weighted by Crippen LogP contribution is -2.20. The van der Waals surface area contributed by atoms with Crippen LogP contribution in [-0.2, 0) is 22.6 Å². The number of ether oxygens (including phenoxy) is 1. The summed E-state index contributed by atoms with van der Waals surface area (Å²) >= 11 is 1.40. The van der Waals surface area contributed by atoms with E-state index >= 15 is 0 Å². The molecule has 1 atom stereocenters. The number of hydrogen-bond acceptors (Lipinski definition) is 6. The van der Waals surface area contributed by atoms with Gasteiger partial charge in [-0.25, -0.2) is 0 Å². The smallest absolute Gasteiger partial charge is 0.234 e. The quantitative estimate of drug-likeness (QED) is 0.445. The van der Waals surface area contributed by atoms with E-state index in [1.54, 1.807) is 0 Å². The Balaban J connectivity index is 1.43. The summed E-state index contributed by atoms with van der Waals surface area (Å²) in [5.74, 6) is 1.04. The van der Waals surface area contributed by atoms with Crippen LogP contribution in [0.25, 0.3) is 0 Å². The van der Waals surface area contributed by atoms with E-state index in [2.05, 4.69) is 57.4 Å². The number of anilines is 2. The third-order valence-corrected chi connectivity index (χ3v) is 6.66. The van der Waals surface area contributed by atoms with Crippen LogP contribution in [0.1, 0.15) is 35.4 Å². The molecule has 4 rings (SSSR count). The van der Waals surface area contributed by atoms with Gasteiger partial charge in [-0.1, -0.05) is 47.2 Å². The van der Waals surface area contributed by atoms with Crippen LogP contribution in [0.3, 0.4) is 0 Å². The number of carbonyl (C=O) groups excluding carboxylic acids is 1. The molecule has 0 aliphatic carbocycles. The Labute approximate surface area is 199 Å². The van der Waals surface area contributed by atoms with E-state index in [-0.39, 0.29) is 17.8 Å². The molecule has 1 aliphatic heterocycles. The minimum absolute atomic E-state index is 0.0644. The lowest BCUT2D eigenvalue weighted by atomic mass is 10.1. The molecule has 2 heterocycles. The van der Waals surface area contributed by atoms with Gasteiger partial charge >= 0.3 is 0 Å². The first-order valence-electron chi connectivity index (χ1n) is 11.3. The lowest BCUT2D eigenvalue weighted by Gasteiger charge is -2.16. The Kier molecular flexibility index (Phi) is 7.67. The minimum Gasteiger partial charge on any atom is -0.378 e. The van der Waals surface area contributed by atoms with E-state index in [0.29, 0.717) is 13.1 Å². The maximum absolute atomic E-state index is 12.5. The van der Waals surface area contributed by atoms with Gasteiger partial charge in [0.2, 0.25) is 5.91 Å². The zero-order chi connectivity index (χ0) is 23.2. The fourth-order valence-corrected chi connectivity index (χ4v) is 4.65. The molecule has 1 aliphatic rings. The van der Waals surface area contributed by atoms with Gasteiger partial charge in [-0.2, -0.15) is 0 Å². The monoisotopic (exact) mass is 465 g/mol. The maximum Gasteiger partial charge on any atom is 0.234 e. The predicted octanol–water partition coefficient (Wildman–Crippen LogP) is 4.73. The van der Waals surface area contributed by atoms with E-state index in [0.717, 1.165) is 47.4 Å². The van der Waals surface area contributed by atoms with Gasteiger partial charge in [0, 0.05) is 18.0 Å². The van der Waals surface area contributed by atoms with Crippen LogP contribution in [0.5, 0.6) is 0 Å². The number of rotatable bonds is 9. The normalized spacial score (nSPS) is 15.5. The molecule has 0 saturated carbocycles. The van der Waals surface area contributed by atoms with Gasteiger partial charge in [0.1, 0.15) is 0 Å². The Bertz CT molecular complexity index is 1090. The SMILES string of the molecule is Cc1ccc(NC(=O)CSc2nnc(CNc3ccc(C)cc3C)n2CC2CCCO2)cc1. The third kappa shape index (κ3) is 6.36. The lowest BCUT2D eigenvalue weighted by molar-refractivity contribution is -0.113. The highest BCUT2D eigenvalue weighted by Crippen LogP contribution is 2.23. The number of amides is 1. The molecule has 1 fully saturated rings. The van der Waals surface area contributed by atoms with Crippen molar-refractivity contribution in [1.29, 1.82) is 0 Å². The molecule has 0 bridgehead atoms. The van der Waals surface area contributed by atoms with Crippen molar-refractivity contribution < 1.29 is 9.53 Å². The number of nitrogens with one attached hydrogen (secondary N) is 2. The molecule has 1 saturated heterocycles. The van der Waals surface area contributed by atoms with Crippen molar-refractivity contribution in [3.8, 4) is 0 Å². The van der Waals surface area contributed by atoms with Gasteiger partial charge in [0.15, 0.2) is 11.0 Å². The second-order valence-corrected chi connectivity index (χ2v) is 9.46. The van der Waals surface area contributed by atoms with E-state index in [9.17, 15) is 4.79 Å². The molecule has 0 radical (unpaired) electrons. The summed E-state index contributed by atoms with van der Waals surface area (Å²) in [6.07, 6.45) is 2.26. The molecule has 8 heteroatoms. The predicted molar refractivity (Wildman–Crippen MR) is 133 cm³/mol. The van der Waals surface area contributed by atoms with Crippen LogP contribution in [0.15, 0.2) is 47.6 Å². The number of carbonyl (C=O) groups is 1. The summed E-state index contributed by atoms with van der Waals surface area (Å²) in [7, 11) is 0. The van der Waals surface area contributed by atoms with Crippen LogP contribution in [0.4, 0.5) is 11.4 Å². The Hall–Kier alpha value is -2.84. The minimum atomic E-state index is -0.0644. The molecule has 2 N–H and O–H groups in total. The van der Waals surface area contributed by atoms with Crippen molar-refractivity contribution in [3.63, 3.8) is 0 Å². The average molecular weight is 466 g/mol. The number of nitrogens with zero attached hydrogens (tertiary/aromatic N) is 3. The highest BCUT2D eigenvalue weighted by Gasteiger charge is 2.21. The van der Waals surface area contributed by atoms with E-state index in [1.165, 1.54) is 22.9 Å².